The number of ether oxygens (including phenoxy) is 1. The lowest BCUT2D eigenvalue weighted by Crippen LogP contribution is -2.30. The summed E-state index contributed by atoms with van der Waals surface area (Å²) < 4.78 is 5.10. The highest BCUT2D eigenvalue weighted by Crippen LogP contribution is 2.48. The Bertz CT molecular complexity index is 226. The van der Waals surface area contributed by atoms with E-state index in [0.717, 1.165) is 25.9 Å². The number of epoxide rings is 1. The third-order valence-corrected chi connectivity index (χ3v) is 2.43. The van der Waals surface area contributed by atoms with E-state index in [1.165, 1.54) is 5.57 Å². The monoisotopic (exact) mass is 149 g/mol. The Morgan fingerprint density at radius 3 is 2.73 bits per heavy atom. The summed E-state index contributed by atoms with van der Waals surface area (Å²) in [5.74, 6) is 0. The van der Waals surface area contributed by atoms with Crippen molar-refractivity contribution in [3.8, 4) is 6.07 Å². The molecule has 0 amide bonds. The van der Waals surface area contributed by atoms with Crippen molar-refractivity contribution < 1.29 is 4.74 Å². The van der Waals surface area contributed by atoms with E-state index in [1.54, 1.807) is 0 Å². The van der Waals surface area contributed by atoms with Gasteiger partial charge in [-0.1, -0.05) is 12.2 Å². The largest absolute Gasteiger partial charge is 0.373 e. The molecule has 0 aromatic heterocycles. The van der Waals surface area contributed by atoms with Gasteiger partial charge in [-0.05, 0) is 19.3 Å². The Balaban J connectivity index is 1.96. The van der Waals surface area contributed by atoms with Crippen molar-refractivity contribution in [3.63, 3.8) is 0 Å². The van der Waals surface area contributed by atoms with Crippen molar-refractivity contribution in [2.45, 2.75) is 25.4 Å². The lowest BCUT2D eigenvalue weighted by atomic mass is 9.64. The maximum atomic E-state index is 8.88. The number of allylic oxidation sites excluding steroid dienone is 1. The first-order chi connectivity index (χ1) is 5.24. The lowest BCUT2D eigenvalue weighted by molar-refractivity contribution is 0.239. The predicted octanol–water partition coefficient (Wildman–Crippen LogP) is 1.64. The van der Waals surface area contributed by atoms with Crippen LogP contribution in [0, 0.1) is 16.7 Å². The molecule has 1 saturated heterocycles. The van der Waals surface area contributed by atoms with Gasteiger partial charge in [0.15, 0.2) is 0 Å². The van der Waals surface area contributed by atoms with Crippen LogP contribution in [-0.2, 0) is 4.74 Å². The molecule has 2 aliphatic rings. The van der Waals surface area contributed by atoms with E-state index < -0.39 is 0 Å². The van der Waals surface area contributed by atoms with Crippen LogP contribution in [0.15, 0.2) is 12.2 Å². The topological polar surface area (TPSA) is 36.3 Å². The van der Waals surface area contributed by atoms with Gasteiger partial charge in [0.25, 0.3) is 0 Å². The third kappa shape index (κ3) is 1.17. The van der Waals surface area contributed by atoms with Gasteiger partial charge >= 0.3 is 0 Å². The minimum absolute atomic E-state index is 0.0990. The van der Waals surface area contributed by atoms with Crippen molar-refractivity contribution in [1.82, 2.24) is 0 Å². The molecule has 0 radical (unpaired) electrons. The van der Waals surface area contributed by atoms with Gasteiger partial charge in [-0.25, -0.2) is 0 Å². The predicted molar refractivity (Wildman–Crippen MR) is 40.8 cm³/mol. The molecule has 0 aromatic carbocycles. The van der Waals surface area contributed by atoms with Crippen molar-refractivity contribution in [2.75, 3.05) is 6.61 Å². The molecular formula is C9H11NO. The van der Waals surface area contributed by atoms with Crippen LogP contribution in [-0.4, -0.2) is 12.7 Å². The second-order valence-electron chi connectivity index (χ2n) is 3.66. The molecule has 0 N–H and O–H groups in total. The van der Waals surface area contributed by atoms with E-state index in [4.69, 9.17) is 10.00 Å². The first kappa shape index (κ1) is 6.87. The van der Waals surface area contributed by atoms with Crippen LogP contribution in [0.4, 0.5) is 0 Å². The highest BCUT2D eigenvalue weighted by Gasteiger charge is 2.44. The van der Waals surface area contributed by atoms with E-state index in [-0.39, 0.29) is 5.41 Å². The van der Waals surface area contributed by atoms with Crippen LogP contribution in [0.3, 0.4) is 0 Å². The lowest BCUT2D eigenvalue weighted by Gasteiger charge is -2.36. The summed E-state index contributed by atoms with van der Waals surface area (Å²) in [7, 11) is 0. The highest BCUT2D eigenvalue weighted by molar-refractivity contribution is 5.23. The maximum absolute atomic E-state index is 8.88. The summed E-state index contributed by atoms with van der Waals surface area (Å²) in [6, 6.07) is 2.38. The molecule has 0 bridgehead atoms. The third-order valence-electron chi connectivity index (χ3n) is 2.43. The zero-order chi connectivity index (χ0) is 7.90. The number of hydrogen-bond acceptors (Lipinski definition) is 2. The van der Waals surface area contributed by atoms with Crippen molar-refractivity contribution in [1.29, 1.82) is 5.26 Å². The summed E-state index contributed by atoms with van der Waals surface area (Å²) in [5.41, 5.74) is 1.12. The fourth-order valence-corrected chi connectivity index (χ4v) is 1.80. The van der Waals surface area contributed by atoms with Crippen LogP contribution in [0.5, 0.6) is 0 Å². The van der Waals surface area contributed by atoms with Crippen LogP contribution in [0.2, 0.25) is 0 Å². The van der Waals surface area contributed by atoms with Crippen LogP contribution in [0.25, 0.3) is 0 Å². The molecule has 0 spiro atoms. The zero-order valence-corrected chi connectivity index (χ0v) is 6.47. The van der Waals surface area contributed by atoms with Gasteiger partial charge in [0.1, 0.15) is 0 Å². The summed E-state index contributed by atoms with van der Waals surface area (Å²) >= 11 is 0. The quantitative estimate of drug-likeness (QED) is 0.442. The molecule has 0 aromatic rings. The number of rotatable bonds is 2. The van der Waals surface area contributed by atoms with Crippen molar-refractivity contribution >= 4 is 0 Å². The highest BCUT2D eigenvalue weighted by atomic mass is 16.6. The molecule has 1 saturated carbocycles. The van der Waals surface area contributed by atoms with Gasteiger partial charge < -0.3 is 4.74 Å². The van der Waals surface area contributed by atoms with Crippen molar-refractivity contribution in [2.24, 2.45) is 5.41 Å². The minimum atomic E-state index is -0.0990. The Morgan fingerprint density at radius 2 is 2.36 bits per heavy atom. The molecular weight excluding hydrogens is 138 g/mol. The van der Waals surface area contributed by atoms with Gasteiger partial charge in [0, 0.05) is 0 Å². The first-order valence-corrected chi connectivity index (χ1v) is 3.94. The molecule has 2 rings (SSSR count). The molecule has 2 fully saturated rings. The van der Waals surface area contributed by atoms with E-state index in [0.29, 0.717) is 6.10 Å². The molecule has 0 unspecified atom stereocenters. The molecule has 1 aliphatic heterocycles. The Labute approximate surface area is 66.5 Å². The van der Waals surface area contributed by atoms with E-state index >= 15 is 0 Å². The smallest absolute Gasteiger partial charge is 0.0825 e. The van der Waals surface area contributed by atoms with Gasteiger partial charge in [0.05, 0.1) is 24.2 Å². The zero-order valence-electron chi connectivity index (χ0n) is 6.47. The van der Waals surface area contributed by atoms with Gasteiger partial charge in [-0.2, -0.15) is 5.26 Å². The second-order valence-corrected chi connectivity index (χ2v) is 3.66. The number of nitriles is 1. The van der Waals surface area contributed by atoms with E-state index in [2.05, 4.69) is 12.6 Å². The number of hydrogen-bond donors (Lipinski definition) is 0. The molecule has 11 heavy (non-hydrogen) atoms. The molecule has 1 atom stereocenters. The molecule has 2 heteroatoms. The first-order valence-electron chi connectivity index (χ1n) is 3.94. The van der Waals surface area contributed by atoms with Crippen LogP contribution in [0.1, 0.15) is 19.3 Å². The molecule has 2 nitrogen and oxygen atoms in total. The maximum Gasteiger partial charge on any atom is 0.0825 e. The van der Waals surface area contributed by atoms with E-state index in [9.17, 15) is 0 Å². The average Bonchev–Trinajstić information content (AvgIpc) is 2.67. The van der Waals surface area contributed by atoms with Crippen LogP contribution >= 0.6 is 0 Å². The summed E-state index contributed by atoms with van der Waals surface area (Å²) in [5, 5.41) is 8.88. The summed E-state index contributed by atoms with van der Waals surface area (Å²) in [6.07, 6.45) is 3.08. The Kier molecular flexibility index (Phi) is 1.30. The summed E-state index contributed by atoms with van der Waals surface area (Å²) in [4.78, 5) is 0. The number of nitrogens with zero attached hydrogens (tertiary/aromatic N) is 1. The average molecular weight is 149 g/mol. The summed E-state index contributed by atoms with van der Waals surface area (Å²) in [6.45, 7) is 4.70. The van der Waals surface area contributed by atoms with Crippen molar-refractivity contribution in [3.05, 3.63) is 12.2 Å². The second kappa shape index (κ2) is 2.09. The molecule has 58 valence electrons. The normalized spacial score (nSPS) is 32.3. The van der Waals surface area contributed by atoms with Gasteiger partial charge in [0.2, 0.25) is 0 Å². The fraction of sp³-hybridized carbons (Fsp3) is 0.667. The Hall–Kier alpha value is -0.810. The fourth-order valence-electron chi connectivity index (χ4n) is 1.80. The standard InChI is InChI=1S/C9H11NO/c1-7-2-9(3-7,6-10)4-8-5-11-8/h8H,1-5H2/t8-/m0/s1. The SMILES string of the molecule is C=C1CC(C#N)(C[C@H]2CO2)C1. The van der Waals surface area contributed by atoms with Gasteiger partial charge in [-0.3, -0.25) is 0 Å². The van der Waals surface area contributed by atoms with Crippen LogP contribution < -0.4 is 0 Å². The Morgan fingerprint density at radius 1 is 1.73 bits per heavy atom. The van der Waals surface area contributed by atoms with Gasteiger partial charge in [-0.15, -0.1) is 0 Å². The molecule has 1 heterocycles. The molecule has 1 aliphatic carbocycles. The van der Waals surface area contributed by atoms with E-state index in [1.807, 2.05) is 0 Å². The minimum Gasteiger partial charge on any atom is -0.373 e.